The first-order valence-electron chi connectivity index (χ1n) is 5.80. The van der Waals surface area contributed by atoms with E-state index in [4.69, 9.17) is 23.2 Å². The summed E-state index contributed by atoms with van der Waals surface area (Å²) >= 11 is 11.3. The Morgan fingerprint density at radius 1 is 1.00 bits per heavy atom. The summed E-state index contributed by atoms with van der Waals surface area (Å²) in [6, 6.07) is 1.26. The van der Waals surface area contributed by atoms with Crippen LogP contribution in [0.3, 0.4) is 0 Å². The van der Waals surface area contributed by atoms with Gasteiger partial charge in [-0.2, -0.15) is 26.3 Å². The maximum absolute atomic E-state index is 12.8. The Morgan fingerprint density at radius 3 is 1.90 bits per heavy atom. The van der Waals surface area contributed by atoms with Gasteiger partial charge in [0.25, 0.3) is 0 Å². The average Bonchev–Trinajstić information content (AvgIpc) is 2.28. The molecule has 120 valence electrons. The van der Waals surface area contributed by atoms with Gasteiger partial charge in [-0.15, -0.1) is 0 Å². The van der Waals surface area contributed by atoms with Crippen LogP contribution in [0.1, 0.15) is 18.5 Å². The highest BCUT2D eigenvalue weighted by atomic mass is 35.5. The number of hydrogen-bond donors (Lipinski definition) is 1. The van der Waals surface area contributed by atoms with Crippen LogP contribution in [-0.4, -0.2) is 18.9 Å². The molecule has 0 aliphatic carbocycles. The van der Waals surface area contributed by atoms with Crippen molar-refractivity contribution in [1.29, 1.82) is 0 Å². The van der Waals surface area contributed by atoms with Crippen LogP contribution in [0.15, 0.2) is 18.2 Å². The molecule has 1 aromatic rings. The summed E-state index contributed by atoms with van der Waals surface area (Å²) in [5.74, 6) is -3.54. The van der Waals surface area contributed by atoms with E-state index in [1.54, 1.807) is 0 Å². The molecule has 1 nitrogen and oxygen atoms in total. The number of hydrogen-bond acceptors (Lipinski definition) is 1. The molecule has 0 aliphatic rings. The quantitative estimate of drug-likeness (QED) is 0.716. The Labute approximate surface area is 127 Å². The zero-order valence-electron chi connectivity index (χ0n) is 10.6. The number of rotatable bonds is 4. The van der Waals surface area contributed by atoms with Gasteiger partial charge in [-0.25, -0.2) is 0 Å². The lowest BCUT2D eigenvalue weighted by Crippen LogP contribution is -2.45. The molecule has 1 N–H and O–H groups in total. The molecule has 0 saturated heterocycles. The van der Waals surface area contributed by atoms with E-state index in [1.165, 1.54) is 6.92 Å². The summed E-state index contributed by atoms with van der Waals surface area (Å²) < 4.78 is 77.0. The molecule has 1 atom stereocenters. The molecule has 21 heavy (non-hydrogen) atoms. The van der Waals surface area contributed by atoms with Gasteiger partial charge in [-0.1, -0.05) is 36.2 Å². The minimum absolute atomic E-state index is 0.0474. The zero-order chi connectivity index (χ0) is 16.4. The molecule has 0 radical (unpaired) electrons. The zero-order valence-corrected chi connectivity index (χ0v) is 12.1. The maximum atomic E-state index is 12.8. The minimum atomic E-state index is -5.45. The lowest BCUT2D eigenvalue weighted by Gasteiger charge is -2.31. The molecular formula is C12H11Cl2F6N. The van der Waals surface area contributed by atoms with Crippen molar-refractivity contribution in [2.24, 2.45) is 5.92 Å². The summed E-state index contributed by atoms with van der Waals surface area (Å²) in [7, 11) is 0. The molecule has 0 amide bonds. The number of alkyl halides is 6. The Kier molecular flexibility index (Phi) is 5.80. The second-order valence-electron chi connectivity index (χ2n) is 4.27. The molecule has 1 unspecified atom stereocenters. The van der Waals surface area contributed by atoms with Gasteiger partial charge in [-0.05, 0) is 24.2 Å². The van der Waals surface area contributed by atoms with Crippen LogP contribution in [0, 0.1) is 5.92 Å². The van der Waals surface area contributed by atoms with Crippen molar-refractivity contribution in [3.05, 3.63) is 33.8 Å². The maximum Gasteiger partial charge on any atom is 0.402 e. The first-order chi connectivity index (χ1) is 9.48. The Morgan fingerprint density at radius 2 is 1.52 bits per heavy atom. The fraction of sp³-hybridized carbons (Fsp3) is 0.500. The Balaban J connectivity index is 3.34. The van der Waals surface area contributed by atoms with E-state index in [0.29, 0.717) is 0 Å². The third-order valence-corrected chi connectivity index (χ3v) is 3.50. The summed E-state index contributed by atoms with van der Waals surface area (Å²) in [4.78, 5) is 0. The number of benzene rings is 1. The Bertz CT molecular complexity index is 472. The molecule has 0 aromatic heterocycles. The van der Waals surface area contributed by atoms with Gasteiger partial charge < -0.3 is 5.32 Å². The van der Waals surface area contributed by atoms with Gasteiger partial charge in [0, 0.05) is 0 Å². The average molecular weight is 354 g/mol. The van der Waals surface area contributed by atoms with E-state index in [1.807, 2.05) is 0 Å². The molecule has 1 rings (SSSR count). The third kappa shape index (κ3) is 4.66. The van der Waals surface area contributed by atoms with Crippen LogP contribution in [0.25, 0.3) is 0 Å². The molecule has 0 spiro atoms. The van der Waals surface area contributed by atoms with Gasteiger partial charge in [-0.3, -0.25) is 0 Å². The van der Waals surface area contributed by atoms with E-state index in [0.717, 1.165) is 18.2 Å². The van der Waals surface area contributed by atoms with Gasteiger partial charge in [0.05, 0.1) is 16.1 Å². The Hall–Kier alpha value is -0.660. The first kappa shape index (κ1) is 18.4. The molecule has 0 saturated carbocycles. The van der Waals surface area contributed by atoms with E-state index in [-0.39, 0.29) is 22.2 Å². The molecule has 0 bridgehead atoms. The van der Waals surface area contributed by atoms with Gasteiger partial charge >= 0.3 is 12.4 Å². The topological polar surface area (TPSA) is 12.0 Å². The van der Waals surface area contributed by atoms with E-state index in [9.17, 15) is 26.3 Å². The largest absolute Gasteiger partial charge is 0.402 e. The highest BCUT2D eigenvalue weighted by Crippen LogP contribution is 2.46. The summed E-state index contributed by atoms with van der Waals surface area (Å²) in [6.07, 6.45) is -10.9. The fourth-order valence-electron chi connectivity index (χ4n) is 1.92. The van der Waals surface area contributed by atoms with Crippen LogP contribution in [0.4, 0.5) is 26.3 Å². The number of halogens is 8. The fourth-order valence-corrected chi connectivity index (χ4v) is 2.22. The normalized spacial score (nSPS) is 14.6. The predicted octanol–water partition coefficient (Wildman–Crippen LogP) is 5.38. The standard InChI is InChI=1S/C12H11Cl2F6N/c1-2-21-9(6-3-4-7(13)8(14)5-6)10(11(15,16)17)12(18,19)20/h3-5,9-10,21H,2H2,1H3. The van der Waals surface area contributed by atoms with Crippen LogP contribution in [-0.2, 0) is 0 Å². The molecular weight excluding hydrogens is 343 g/mol. The molecule has 0 fully saturated rings. The number of nitrogens with one attached hydrogen (secondary N) is 1. The van der Waals surface area contributed by atoms with Crippen LogP contribution < -0.4 is 5.32 Å². The van der Waals surface area contributed by atoms with Gasteiger partial charge in [0.1, 0.15) is 0 Å². The second-order valence-corrected chi connectivity index (χ2v) is 5.08. The highest BCUT2D eigenvalue weighted by molar-refractivity contribution is 6.42. The summed E-state index contributed by atoms with van der Waals surface area (Å²) in [6.45, 7) is 1.34. The third-order valence-electron chi connectivity index (χ3n) is 2.77. The SMILES string of the molecule is CCNC(c1ccc(Cl)c(Cl)c1)C(C(F)(F)F)C(F)(F)F. The van der Waals surface area contributed by atoms with Crippen LogP contribution in [0.5, 0.6) is 0 Å². The first-order valence-corrected chi connectivity index (χ1v) is 6.55. The van der Waals surface area contributed by atoms with Crippen LogP contribution in [0.2, 0.25) is 10.0 Å². The van der Waals surface area contributed by atoms with Gasteiger partial charge in [0.2, 0.25) is 0 Å². The lowest BCUT2D eigenvalue weighted by molar-refractivity contribution is -0.292. The minimum Gasteiger partial charge on any atom is -0.309 e. The van der Waals surface area contributed by atoms with Crippen molar-refractivity contribution in [2.45, 2.75) is 25.3 Å². The van der Waals surface area contributed by atoms with E-state index >= 15 is 0 Å². The smallest absolute Gasteiger partial charge is 0.309 e. The van der Waals surface area contributed by atoms with Crippen molar-refractivity contribution < 1.29 is 26.3 Å². The monoisotopic (exact) mass is 353 g/mol. The van der Waals surface area contributed by atoms with Crippen molar-refractivity contribution in [1.82, 2.24) is 5.32 Å². The van der Waals surface area contributed by atoms with Crippen molar-refractivity contribution in [3.63, 3.8) is 0 Å². The van der Waals surface area contributed by atoms with E-state index < -0.39 is 24.3 Å². The highest BCUT2D eigenvalue weighted by Gasteiger charge is 2.60. The van der Waals surface area contributed by atoms with Gasteiger partial charge in [0.15, 0.2) is 5.92 Å². The summed E-state index contributed by atoms with van der Waals surface area (Å²) in [5.41, 5.74) is -0.231. The van der Waals surface area contributed by atoms with Crippen molar-refractivity contribution in [3.8, 4) is 0 Å². The van der Waals surface area contributed by atoms with Crippen molar-refractivity contribution in [2.75, 3.05) is 6.54 Å². The molecule has 1 aromatic carbocycles. The van der Waals surface area contributed by atoms with Crippen molar-refractivity contribution >= 4 is 23.2 Å². The molecule has 9 heteroatoms. The molecule has 0 heterocycles. The lowest BCUT2D eigenvalue weighted by atomic mass is 9.91. The summed E-state index contributed by atoms with van der Waals surface area (Å²) in [5, 5.41) is 2.15. The van der Waals surface area contributed by atoms with E-state index in [2.05, 4.69) is 5.32 Å². The predicted molar refractivity (Wildman–Crippen MR) is 68.5 cm³/mol. The molecule has 0 aliphatic heterocycles. The van der Waals surface area contributed by atoms with Crippen LogP contribution >= 0.6 is 23.2 Å². The second kappa shape index (κ2) is 6.62.